The number of hydrogen-bond acceptors (Lipinski definition) is 4. The van der Waals surface area contributed by atoms with Gasteiger partial charge in [-0.1, -0.05) is 33.2 Å². The molecule has 2 heterocycles. The van der Waals surface area contributed by atoms with Gasteiger partial charge in [0.25, 0.3) is 0 Å². The monoisotopic (exact) mass is 323 g/mol. The third kappa shape index (κ3) is 2.04. The number of aromatic nitrogens is 1. The van der Waals surface area contributed by atoms with Gasteiger partial charge in [0.15, 0.2) is 5.58 Å². The van der Waals surface area contributed by atoms with Crippen LogP contribution in [0.1, 0.15) is 0 Å². The predicted octanol–water partition coefficient (Wildman–Crippen LogP) is 4.33. The van der Waals surface area contributed by atoms with E-state index in [0.29, 0.717) is 6.61 Å². The molecule has 0 saturated carbocycles. The quantitative estimate of drug-likeness (QED) is 0.670. The highest BCUT2D eigenvalue weighted by molar-refractivity contribution is 9.09. The number of nitrogens with zero attached hydrogens (tertiary/aromatic N) is 1. The zero-order valence-corrected chi connectivity index (χ0v) is 11.8. The zero-order valence-electron chi connectivity index (χ0n) is 9.43. The fraction of sp³-hybridized carbons (Fsp3) is 0.154. The van der Waals surface area contributed by atoms with E-state index in [9.17, 15) is 0 Å². The van der Waals surface area contributed by atoms with Gasteiger partial charge in [0, 0.05) is 10.9 Å². The van der Waals surface area contributed by atoms with Crippen molar-refractivity contribution in [3.05, 3.63) is 35.7 Å². The van der Waals surface area contributed by atoms with Gasteiger partial charge in [0.2, 0.25) is 0 Å². The van der Waals surface area contributed by atoms with Gasteiger partial charge >= 0.3 is 0 Å². The summed E-state index contributed by atoms with van der Waals surface area (Å²) in [5.41, 5.74) is 2.65. The van der Waals surface area contributed by atoms with Crippen molar-refractivity contribution < 1.29 is 9.26 Å². The summed E-state index contributed by atoms with van der Waals surface area (Å²) in [4.78, 5) is 0. The molecule has 0 saturated heterocycles. The first kappa shape index (κ1) is 11.7. The van der Waals surface area contributed by atoms with Gasteiger partial charge in [0.1, 0.15) is 16.1 Å². The lowest BCUT2D eigenvalue weighted by Crippen LogP contribution is -1.99. The molecule has 0 aliphatic carbocycles. The molecule has 0 amide bonds. The molecule has 0 aliphatic rings. The number of fused-ring (bicyclic) bond motifs is 1. The molecule has 0 atom stereocenters. The normalized spacial score (nSPS) is 10.9. The van der Waals surface area contributed by atoms with Crippen molar-refractivity contribution in [1.82, 2.24) is 5.16 Å². The maximum atomic E-state index is 5.71. The second-order valence-corrected chi connectivity index (χ2v) is 5.39. The van der Waals surface area contributed by atoms with Crippen molar-refractivity contribution in [2.24, 2.45) is 0 Å². The van der Waals surface area contributed by atoms with E-state index < -0.39 is 0 Å². The highest BCUT2D eigenvalue weighted by atomic mass is 79.9. The molecule has 0 fully saturated rings. The molecule has 0 unspecified atom stereocenters. The fourth-order valence-corrected chi connectivity index (χ4v) is 2.76. The van der Waals surface area contributed by atoms with Gasteiger partial charge in [0.05, 0.1) is 6.61 Å². The molecule has 0 spiro atoms. The summed E-state index contributed by atoms with van der Waals surface area (Å²) in [6.45, 7) is 0.627. The summed E-state index contributed by atoms with van der Waals surface area (Å²) in [7, 11) is 0. The molecule has 0 aliphatic heterocycles. The topological polar surface area (TPSA) is 35.3 Å². The number of halogens is 1. The molecule has 0 bridgehead atoms. The molecular formula is C13H10BrNO2S. The molecule has 18 heavy (non-hydrogen) atoms. The van der Waals surface area contributed by atoms with Crippen LogP contribution < -0.4 is 4.74 Å². The summed E-state index contributed by atoms with van der Waals surface area (Å²) in [6.07, 6.45) is 0. The van der Waals surface area contributed by atoms with Crippen LogP contribution in [0.5, 0.6) is 5.75 Å². The molecule has 5 heteroatoms. The molecule has 92 valence electrons. The number of para-hydroxylation sites is 1. The van der Waals surface area contributed by atoms with Crippen molar-refractivity contribution >= 4 is 37.5 Å². The summed E-state index contributed by atoms with van der Waals surface area (Å²) in [5.74, 6) is 0.834. The smallest absolute Gasteiger partial charge is 0.178 e. The minimum absolute atomic E-state index is 0.627. The number of ether oxygens (including phenoxy) is 1. The van der Waals surface area contributed by atoms with Crippen molar-refractivity contribution in [2.45, 2.75) is 0 Å². The van der Waals surface area contributed by atoms with E-state index >= 15 is 0 Å². The van der Waals surface area contributed by atoms with Gasteiger partial charge in [-0.3, -0.25) is 0 Å². The Morgan fingerprint density at radius 3 is 3.06 bits per heavy atom. The predicted molar refractivity (Wildman–Crippen MR) is 76.6 cm³/mol. The van der Waals surface area contributed by atoms with Crippen LogP contribution in [0.15, 0.2) is 40.2 Å². The van der Waals surface area contributed by atoms with Crippen LogP contribution in [0.3, 0.4) is 0 Å². The lowest BCUT2D eigenvalue weighted by atomic mass is 10.1. The first-order chi connectivity index (χ1) is 8.90. The van der Waals surface area contributed by atoms with Crippen LogP contribution in [0, 0.1) is 0 Å². The average molecular weight is 324 g/mol. The third-order valence-electron chi connectivity index (χ3n) is 2.56. The molecular weight excluding hydrogens is 314 g/mol. The molecule has 3 aromatic rings. The number of rotatable bonds is 4. The van der Waals surface area contributed by atoms with Crippen LogP contribution in [0.2, 0.25) is 0 Å². The maximum absolute atomic E-state index is 5.71. The highest BCUT2D eigenvalue weighted by Crippen LogP contribution is 2.36. The zero-order chi connectivity index (χ0) is 12.4. The van der Waals surface area contributed by atoms with Crippen LogP contribution in [-0.4, -0.2) is 17.1 Å². The van der Waals surface area contributed by atoms with E-state index in [4.69, 9.17) is 9.26 Å². The Bertz CT molecular complexity index is 662. The van der Waals surface area contributed by atoms with Crippen LogP contribution >= 0.6 is 27.3 Å². The van der Waals surface area contributed by atoms with E-state index in [1.165, 1.54) is 0 Å². The number of thiophene rings is 1. The van der Waals surface area contributed by atoms with Crippen molar-refractivity contribution in [3.8, 4) is 17.0 Å². The summed E-state index contributed by atoms with van der Waals surface area (Å²) < 4.78 is 12.1. The van der Waals surface area contributed by atoms with E-state index in [1.807, 2.05) is 35.7 Å². The van der Waals surface area contributed by atoms with Crippen molar-refractivity contribution in [2.75, 3.05) is 11.9 Å². The summed E-state index contributed by atoms with van der Waals surface area (Å²) in [6, 6.07) is 9.81. The Balaban J connectivity index is 2.08. The first-order valence-corrected chi connectivity index (χ1v) is 7.51. The van der Waals surface area contributed by atoms with E-state index in [2.05, 4.69) is 21.1 Å². The average Bonchev–Trinajstić information content (AvgIpc) is 2.99. The van der Waals surface area contributed by atoms with E-state index in [1.54, 1.807) is 11.3 Å². The van der Waals surface area contributed by atoms with Crippen LogP contribution in [-0.2, 0) is 0 Å². The van der Waals surface area contributed by atoms with E-state index in [0.717, 1.165) is 32.6 Å². The second-order valence-electron chi connectivity index (χ2n) is 3.68. The molecule has 3 rings (SSSR count). The fourth-order valence-electron chi connectivity index (χ4n) is 1.79. The first-order valence-electron chi connectivity index (χ1n) is 5.51. The Morgan fingerprint density at radius 2 is 2.17 bits per heavy atom. The highest BCUT2D eigenvalue weighted by Gasteiger charge is 2.15. The Labute approximate surface area is 116 Å². The SMILES string of the molecule is BrCCOc1ccccc1-c1noc2ccsc12. The standard InChI is InChI=1S/C13H10BrNO2S/c14-6-7-16-10-4-2-1-3-9(10)12-13-11(17-15-12)5-8-18-13/h1-5,8H,6-7H2. The summed E-state index contributed by atoms with van der Waals surface area (Å²) >= 11 is 4.98. The Morgan fingerprint density at radius 1 is 1.28 bits per heavy atom. The van der Waals surface area contributed by atoms with Gasteiger partial charge < -0.3 is 9.26 Å². The third-order valence-corrected chi connectivity index (χ3v) is 3.78. The molecule has 3 nitrogen and oxygen atoms in total. The molecule has 0 N–H and O–H groups in total. The van der Waals surface area contributed by atoms with Gasteiger partial charge in [-0.2, -0.15) is 0 Å². The van der Waals surface area contributed by atoms with Gasteiger partial charge in [-0.05, 0) is 23.6 Å². The molecule has 0 radical (unpaired) electrons. The maximum Gasteiger partial charge on any atom is 0.178 e. The van der Waals surface area contributed by atoms with Crippen molar-refractivity contribution in [3.63, 3.8) is 0 Å². The minimum Gasteiger partial charge on any atom is -0.492 e. The lowest BCUT2D eigenvalue weighted by Gasteiger charge is -2.08. The minimum atomic E-state index is 0.627. The van der Waals surface area contributed by atoms with Gasteiger partial charge in [-0.25, -0.2) is 0 Å². The molecule has 1 aromatic carbocycles. The Hall–Kier alpha value is -1.33. The van der Waals surface area contributed by atoms with Crippen molar-refractivity contribution in [1.29, 1.82) is 0 Å². The largest absolute Gasteiger partial charge is 0.492 e. The van der Waals surface area contributed by atoms with Crippen LogP contribution in [0.4, 0.5) is 0 Å². The second kappa shape index (κ2) is 5.12. The molecule has 2 aromatic heterocycles. The van der Waals surface area contributed by atoms with E-state index in [-0.39, 0.29) is 0 Å². The summed E-state index contributed by atoms with van der Waals surface area (Å²) in [5, 5.41) is 6.94. The van der Waals surface area contributed by atoms with Gasteiger partial charge in [-0.15, -0.1) is 11.3 Å². The Kier molecular flexibility index (Phi) is 3.34. The van der Waals surface area contributed by atoms with Crippen LogP contribution in [0.25, 0.3) is 21.5 Å². The number of alkyl halides is 1. The number of benzene rings is 1. The lowest BCUT2D eigenvalue weighted by molar-refractivity contribution is 0.346. The number of hydrogen-bond donors (Lipinski definition) is 0.